The third-order valence-electron chi connectivity index (χ3n) is 1.54. The number of carboxylic acid groups (broad SMARTS) is 1. The molecule has 3 N–H and O–H groups in total. The van der Waals surface area contributed by atoms with Gasteiger partial charge >= 0.3 is 12.3 Å². The number of pyridine rings is 1. The highest BCUT2D eigenvalue weighted by molar-refractivity contribution is 5.91. The fraction of sp³-hybridized carbons (Fsp3) is 0.125. The van der Waals surface area contributed by atoms with Crippen LogP contribution in [0.4, 0.5) is 18.9 Å². The van der Waals surface area contributed by atoms with Gasteiger partial charge in [-0.3, -0.25) is 0 Å². The summed E-state index contributed by atoms with van der Waals surface area (Å²) in [5.74, 6) is -2.92. The molecule has 0 amide bonds. The van der Waals surface area contributed by atoms with E-state index < -0.39 is 35.2 Å². The zero-order valence-electron chi connectivity index (χ0n) is 7.95. The van der Waals surface area contributed by atoms with Gasteiger partial charge in [0.1, 0.15) is 11.8 Å². The van der Waals surface area contributed by atoms with E-state index in [-0.39, 0.29) is 0 Å². The van der Waals surface area contributed by atoms with Crippen LogP contribution in [0.25, 0.3) is 0 Å². The number of nitriles is 1. The summed E-state index contributed by atoms with van der Waals surface area (Å²) in [6, 6.07) is 2.25. The minimum atomic E-state index is -5.10. The summed E-state index contributed by atoms with van der Waals surface area (Å²) < 4.78 is 39.4. The Hall–Kier alpha value is -2.50. The molecule has 90 valence electrons. The summed E-state index contributed by atoms with van der Waals surface area (Å²) in [5, 5.41) is 17.1. The van der Waals surface area contributed by atoms with Gasteiger partial charge in [0.25, 0.3) is 0 Å². The predicted molar refractivity (Wildman–Crippen MR) is 47.0 cm³/mol. The Morgan fingerprint density at radius 3 is 2.59 bits per heavy atom. The van der Waals surface area contributed by atoms with E-state index in [1.807, 2.05) is 0 Å². The van der Waals surface area contributed by atoms with Crippen LogP contribution < -0.4 is 10.5 Å². The van der Waals surface area contributed by atoms with Crippen molar-refractivity contribution in [2.24, 2.45) is 0 Å². The average Bonchev–Trinajstić information content (AvgIpc) is 2.18. The smallest absolute Gasteiger partial charge is 0.476 e. The van der Waals surface area contributed by atoms with E-state index in [1.54, 1.807) is 0 Å². The van der Waals surface area contributed by atoms with Gasteiger partial charge in [-0.2, -0.15) is 5.26 Å². The first-order valence-corrected chi connectivity index (χ1v) is 3.94. The Morgan fingerprint density at radius 2 is 2.18 bits per heavy atom. The van der Waals surface area contributed by atoms with Crippen LogP contribution in [-0.4, -0.2) is 22.4 Å². The van der Waals surface area contributed by atoms with Crippen molar-refractivity contribution >= 4 is 11.7 Å². The number of hydrogen-bond acceptors (Lipinski definition) is 5. The number of nitrogens with two attached hydrogens (primary N) is 1. The Morgan fingerprint density at radius 1 is 1.59 bits per heavy atom. The maximum absolute atomic E-state index is 12.0. The molecule has 0 saturated carbocycles. The lowest BCUT2D eigenvalue weighted by Gasteiger charge is -2.12. The molecule has 6 nitrogen and oxygen atoms in total. The molecule has 0 atom stereocenters. The molecule has 0 aliphatic rings. The highest BCUT2D eigenvalue weighted by atomic mass is 19.4. The minimum absolute atomic E-state index is 0.422. The Kier molecular flexibility index (Phi) is 3.08. The number of nitrogens with zero attached hydrogens (tertiary/aromatic N) is 2. The summed E-state index contributed by atoms with van der Waals surface area (Å²) in [7, 11) is 0. The molecule has 0 unspecified atom stereocenters. The van der Waals surface area contributed by atoms with Crippen molar-refractivity contribution in [1.82, 2.24) is 4.98 Å². The highest BCUT2D eigenvalue weighted by Gasteiger charge is 2.35. The first-order valence-electron chi connectivity index (χ1n) is 3.94. The summed E-state index contributed by atoms with van der Waals surface area (Å²) in [5.41, 5.74) is 3.04. The second-order valence-corrected chi connectivity index (χ2v) is 2.74. The van der Waals surface area contributed by atoms with Crippen molar-refractivity contribution in [2.45, 2.75) is 6.36 Å². The van der Waals surface area contributed by atoms with E-state index in [2.05, 4.69) is 9.72 Å². The maximum atomic E-state index is 12.0. The number of nitrogen functional groups attached to an aromatic ring is 1. The summed E-state index contributed by atoms with van der Waals surface area (Å²) in [6.45, 7) is 0. The highest BCUT2D eigenvalue weighted by Crippen LogP contribution is 2.31. The zero-order valence-corrected chi connectivity index (χ0v) is 7.95. The Balaban J connectivity index is 3.38. The number of hydrogen-bond donors (Lipinski definition) is 2. The van der Waals surface area contributed by atoms with Gasteiger partial charge < -0.3 is 15.6 Å². The van der Waals surface area contributed by atoms with Crippen molar-refractivity contribution < 1.29 is 27.8 Å². The van der Waals surface area contributed by atoms with E-state index in [0.717, 1.165) is 6.07 Å². The third kappa shape index (κ3) is 2.97. The molecule has 0 fully saturated rings. The number of carboxylic acids is 1. The SMILES string of the molecule is N#Cc1cc(N)c(OC(F)(F)F)c(C(=O)O)n1. The quantitative estimate of drug-likeness (QED) is 0.810. The van der Waals surface area contributed by atoms with Crippen LogP contribution in [0.5, 0.6) is 5.75 Å². The van der Waals surface area contributed by atoms with E-state index in [9.17, 15) is 18.0 Å². The molecular weight excluding hydrogens is 243 g/mol. The average molecular weight is 247 g/mol. The lowest BCUT2D eigenvalue weighted by atomic mass is 10.2. The van der Waals surface area contributed by atoms with E-state index >= 15 is 0 Å². The third-order valence-corrected chi connectivity index (χ3v) is 1.54. The summed E-state index contributed by atoms with van der Waals surface area (Å²) >= 11 is 0. The molecule has 0 aliphatic carbocycles. The second kappa shape index (κ2) is 4.17. The normalized spacial score (nSPS) is 10.7. The number of halogens is 3. The van der Waals surface area contributed by atoms with E-state index in [4.69, 9.17) is 16.1 Å². The number of ether oxygens (including phenoxy) is 1. The number of rotatable bonds is 2. The van der Waals surface area contributed by atoms with E-state index in [0.29, 0.717) is 0 Å². The Bertz CT molecular complexity index is 507. The fourth-order valence-corrected chi connectivity index (χ4v) is 0.978. The predicted octanol–water partition coefficient (Wildman–Crippen LogP) is 1.13. The Labute approximate surface area is 92.0 Å². The largest absolute Gasteiger partial charge is 0.573 e. The molecular formula is C8H4F3N3O3. The lowest BCUT2D eigenvalue weighted by Crippen LogP contribution is -2.21. The molecule has 0 spiro atoms. The minimum Gasteiger partial charge on any atom is -0.476 e. The van der Waals surface area contributed by atoms with Gasteiger partial charge in [-0.25, -0.2) is 9.78 Å². The van der Waals surface area contributed by atoms with Crippen molar-refractivity contribution in [2.75, 3.05) is 5.73 Å². The molecule has 0 aliphatic heterocycles. The van der Waals surface area contributed by atoms with Crippen LogP contribution in [0, 0.1) is 11.3 Å². The molecule has 1 aromatic rings. The first-order chi connectivity index (χ1) is 7.74. The molecule has 9 heteroatoms. The van der Waals surface area contributed by atoms with Crippen LogP contribution in [0.15, 0.2) is 6.07 Å². The van der Waals surface area contributed by atoms with Crippen molar-refractivity contribution in [3.05, 3.63) is 17.5 Å². The number of anilines is 1. The summed E-state index contributed by atoms with van der Waals surface area (Å²) in [4.78, 5) is 13.8. The molecule has 1 rings (SSSR count). The first kappa shape index (κ1) is 12.6. The number of aromatic nitrogens is 1. The van der Waals surface area contributed by atoms with Gasteiger partial charge in [-0.15, -0.1) is 13.2 Å². The second-order valence-electron chi connectivity index (χ2n) is 2.74. The van der Waals surface area contributed by atoms with Crippen molar-refractivity contribution in [1.29, 1.82) is 5.26 Å². The fourth-order valence-electron chi connectivity index (χ4n) is 0.978. The van der Waals surface area contributed by atoms with Gasteiger partial charge in [-0.1, -0.05) is 0 Å². The van der Waals surface area contributed by atoms with Gasteiger partial charge in [0.05, 0.1) is 5.69 Å². The zero-order chi connectivity index (χ0) is 13.2. The van der Waals surface area contributed by atoms with Crippen molar-refractivity contribution in [3.63, 3.8) is 0 Å². The van der Waals surface area contributed by atoms with E-state index in [1.165, 1.54) is 6.07 Å². The monoisotopic (exact) mass is 247 g/mol. The molecule has 0 saturated heterocycles. The number of carbonyl (C=O) groups is 1. The van der Waals surface area contributed by atoms with Crippen LogP contribution in [0.3, 0.4) is 0 Å². The number of alkyl halides is 3. The molecule has 0 radical (unpaired) electrons. The van der Waals surface area contributed by atoms with Crippen molar-refractivity contribution in [3.8, 4) is 11.8 Å². The molecule has 1 heterocycles. The lowest BCUT2D eigenvalue weighted by molar-refractivity contribution is -0.274. The molecule has 0 bridgehead atoms. The van der Waals surface area contributed by atoms with Crippen LogP contribution in [-0.2, 0) is 0 Å². The maximum Gasteiger partial charge on any atom is 0.573 e. The van der Waals surface area contributed by atoms with Crippen LogP contribution in [0.2, 0.25) is 0 Å². The molecule has 1 aromatic heterocycles. The van der Waals surface area contributed by atoms with Gasteiger partial charge in [0.15, 0.2) is 11.4 Å². The van der Waals surface area contributed by atoms with Gasteiger partial charge in [-0.05, 0) is 0 Å². The van der Waals surface area contributed by atoms with Gasteiger partial charge in [0, 0.05) is 6.07 Å². The van der Waals surface area contributed by atoms with Crippen LogP contribution >= 0.6 is 0 Å². The molecule has 17 heavy (non-hydrogen) atoms. The topological polar surface area (TPSA) is 109 Å². The standard InChI is InChI=1S/C8H4F3N3O3/c9-8(10,11)17-6-4(13)1-3(2-12)14-5(6)7(15)16/h1H,(H2,13,14)(H,15,16). The van der Waals surface area contributed by atoms with Crippen LogP contribution in [0.1, 0.15) is 16.2 Å². The molecule has 0 aromatic carbocycles. The number of aromatic carboxylic acids is 1. The summed E-state index contributed by atoms with van der Waals surface area (Å²) in [6.07, 6.45) is -5.10. The van der Waals surface area contributed by atoms with Gasteiger partial charge in [0.2, 0.25) is 0 Å².